The average molecular weight is 305 g/mol. The van der Waals surface area contributed by atoms with Gasteiger partial charge in [0.1, 0.15) is 0 Å². The minimum atomic E-state index is -0.406. The Hall–Kier alpha value is -2.07. The molecule has 0 heterocycles. The fourth-order valence-electron chi connectivity index (χ4n) is 2.31. The maximum atomic E-state index is 10.9. The first kappa shape index (κ1) is 15.3. The van der Waals surface area contributed by atoms with Gasteiger partial charge in [-0.1, -0.05) is 17.7 Å². The molecule has 0 spiro atoms. The van der Waals surface area contributed by atoms with Gasteiger partial charge >= 0.3 is 0 Å². The zero-order chi connectivity index (χ0) is 15.6. The van der Waals surface area contributed by atoms with Crippen molar-refractivity contribution in [2.24, 2.45) is 0 Å². The van der Waals surface area contributed by atoms with E-state index >= 15 is 0 Å². The smallest absolute Gasteiger partial charge is 0.269 e. The summed E-state index contributed by atoms with van der Waals surface area (Å²) < 4.78 is 0. The molecule has 5 heteroatoms. The topological polar surface area (TPSA) is 46.4 Å². The Bertz CT molecular complexity index is 666. The first-order valence-corrected chi connectivity index (χ1v) is 6.97. The number of anilines is 1. The highest BCUT2D eigenvalue weighted by atomic mass is 35.5. The lowest BCUT2D eigenvalue weighted by atomic mass is 10.1. The first-order valence-electron chi connectivity index (χ1n) is 6.59. The van der Waals surface area contributed by atoms with Gasteiger partial charge in [0.05, 0.1) is 4.92 Å². The van der Waals surface area contributed by atoms with Crippen LogP contribution < -0.4 is 4.90 Å². The highest BCUT2D eigenvalue weighted by Crippen LogP contribution is 2.25. The Labute approximate surface area is 129 Å². The van der Waals surface area contributed by atoms with E-state index in [-0.39, 0.29) is 5.69 Å². The molecular formula is C16H17ClN2O2. The van der Waals surface area contributed by atoms with Gasteiger partial charge in [-0.05, 0) is 48.7 Å². The lowest BCUT2D eigenvalue weighted by molar-refractivity contribution is -0.384. The normalized spacial score (nSPS) is 10.5. The largest absolute Gasteiger partial charge is 0.370 e. The molecule has 21 heavy (non-hydrogen) atoms. The summed E-state index contributed by atoms with van der Waals surface area (Å²) in [7, 11) is 1.95. The molecule has 0 N–H and O–H groups in total. The lowest BCUT2D eigenvalue weighted by Gasteiger charge is -2.21. The van der Waals surface area contributed by atoms with Crippen LogP contribution in [0.15, 0.2) is 36.4 Å². The Kier molecular flexibility index (Phi) is 4.48. The van der Waals surface area contributed by atoms with E-state index in [1.807, 2.05) is 25.8 Å². The van der Waals surface area contributed by atoms with Gasteiger partial charge in [-0.3, -0.25) is 10.1 Å². The molecule has 0 saturated carbocycles. The van der Waals surface area contributed by atoms with Gasteiger partial charge in [-0.15, -0.1) is 0 Å². The van der Waals surface area contributed by atoms with Crippen LogP contribution in [0, 0.1) is 24.0 Å². The number of hydrogen-bond donors (Lipinski definition) is 0. The van der Waals surface area contributed by atoms with Crippen LogP contribution in [0.3, 0.4) is 0 Å². The van der Waals surface area contributed by atoms with E-state index in [0.29, 0.717) is 11.6 Å². The molecule has 0 bridgehead atoms. The van der Waals surface area contributed by atoms with Crippen molar-refractivity contribution in [1.29, 1.82) is 0 Å². The predicted molar refractivity (Wildman–Crippen MR) is 86.1 cm³/mol. The second kappa shape index (κ2) is 6.14. The summed E-state index contributed by atoms with van der Waals surface area (Å²) in [6.45, 7) is 4.61. The molecule has 0 aliphatic heterocycles. The van der Waals surface area contributed by atoms with Gasteiger partial charge < -0.3 is 4.90 Å². The fraction of sp³-hybridized carbons (Fsp3) is 0.250. The van der Waals surface area contributed by atoms with Gasteiger partial charge in [0, 0.05) is 36.4 Å². The molecule has 4 nitrogen and oxygen atoms in total. The average Bonchev–Trinajstić information content (AvgIpc) is 2.39. The van der Waals surface area contributed by atoms with E-state index < -0.39 is 4.92 Å². The summed E-state index contributed by atoms with van der Waals surface area (Å²) in [5, 5.41) is 11.4. The molecule has 0 aliphatic rings. The van der Waals surface area contributed by atoms with Crippen molar-refractivity contribution in [1.82, 2.24) is 0 Å². The predicted octanol–water partition coefficient (Wildman–Crippen LogP) is 4.50. The Morgan fingerprint density at radius 3 is 2.33 bits per heavy atom. The fourth-order valence-corrected chi connectivity index (χ4v) is 2.49. The molecule has 0 aromatic heterocycles. The Morgan fingerprint density at radius 1 is 1.14 bits per heavy atom. The van der Waals surface area contributed by atoms with Crippen molar-refractivity contribution in [3.05, 3.63) is 68.2 Å². The van der Waals surface area contributed by atoms with Crippen LogP contribution >= 0.6 is 11.6 Å². The third-order valence-electron chi connectivity index (χ3n) is 3.29. The summed E-state index contributed by atoms with van der Waals surface area (Å²) in [5.41, 5.74) is 4.23. The Balaban J connectivity index is 2.28. The van der Waals surface area contributed by atoms with E-state index in [1.54, 1.807) is 6.07 Å². The minimum Gasteiger partial charge on any atom is -0.370 e. The SMILES string of the molecule is Cc1cc(C)cc(N(C)Cc2cc([N+](=O)[O-])ccc2Cl)c1. The van der Waals surface area contributed by atoms with Crippen molar-refractivity contribution >= 4 is 23.0 Å². The van der Waals surface area contributed by atoms with Crippen molar-refractivity contribution in [3.63, 3.8) is 0 Å². The van der Waals surface area contributed by atoms with Crippen LogP contribution in [0.2, 0.25) is 5.02 Å². The zero-order valence-corrected chi connectivity index (χ0v) is 13.0. The quantitative estimate of drug-likeness (QED) is 0.617. The van der Waals surface area contributed by atoms with Crippen molar-refractivity contribution in [3.8, 4) is 0 Å². The van der Waals surface area contributed by atoms with Crippen LogP contribution in [-0.2, 0) is 6.54 Å². The van der Waals surface area contributed by atoms with Crippen LogP contribution in [0.1, 0.15) is 16.7 Å². The van der Waals surface area contributed by atoms with Crippen LogP contribution in [0.25, 0.3) is 0 Å². The van der Waals surface area contributed by atoms with Crippen LogP contribution in [-0.4, -0.2) is 12.0 Å². The highest BCUT2D eigenvalue weighted by Gasteiger charge is 2.12. The number of nitrogens with zero attached hydrogens (tertiary/aromatic N) is 2. The van der Waals surface area contributed by atoms with E-state index in [4.69, 9.17) is 11.6 Å². The second-order valence-electron chi connectivity index (χ2n) is 5.23. The molecule has 0 amide bonds. The number of hydrogen-bond acceptors (Lipinski definition) is 3. The molecule has 110 valence electrons. The van der Waals surface area contributed by atoms with Crippen molar-refractivity contribution in [2.45, 2.75) is 20.4 Å². The number of rotatable bonds is 4. The third kappa shape index (κ3) is 3.73. The van der Waals surface area contributed by atoms with Crippen LogP contribution in [0.4, 0.5) is 11.4 Å². The lowest BCUT2D eigenvalue weighted by Crippen LogP contribution is -2.17. The number of aryl methyl sites for hydroxylation is 2. The highest BCUT2D eigenvalue weighted by molar-refractivity contribution is 6.31. The van der Waals surface area contributed by atoms with E-state index in [2.05, 4.69) is 18.2 Å². The third-order valence-corrected chi connectivity index (χ3v) is 3.66. The summed E-state index contributed by atoms with van der Waals surface area (Å²) >= 11 is 6.15. The van der Waals surface area contributed by atoms with Gasteiger partial charge in [0.2, 0.25) is 0 Å². The van der Waals surface area contributed by atoms with Gasteiger partial charge in [-0.2, -0.15) is 0 Å². The number of nitro groups is 1. The molecular weight excluding hydrogens is 288 g/mol. The standard InChI is InChI=1S/C16H17ClN2O2/c1-11-6-12(2)8-15(7-11)18(3)10-13-9-14(19(20)21)4-5-16(13)17/h4-9H,10H2,1-3H3. The number of non-ortho nitro benzene ring substituents is 1. The molecule has 2 rings (SSSR count). The Morgan fingerprint density at radius 2 is 1.76 bits per heavy atom. The summed E-state index contributed by atoms with van der Waals surface area (Å²) in [6.07, 6.45) is 0. The molecule has 0 saturated heterocycles. The summed E-state index contributed by atoms with van der Waals surface area (Å²) in [6, 6.07) is 10.8. The molecule has 2 aromatic carbocycles. The molecule has 0 radical (unpaired) electrons. The molecule has 0 fully saturated rings. The number of benzene rings is 2. The summed E-state index contributed by atoms with van der Waals surface area (Å²) in [4.78, 5) is 12.5. The van der Waals surface area contributed by atoms with Gasteiger partial charge in [0.15, 0.2) is 0 Å². The van der Waals surface area contributed by atoms with E-state index in [9.17, 15) is 10.1 Å². The number of halogens is 1. The zero-order valence-electron chi connectivity index (χ0n) is 12.3. The maximum absolute atomic E-state index is 10.9. The molecule has 0 unspecified atom stereocenters. The van der Waals surface area contributed by atoms with Gasteiger partial charge in [0.25, 0.3) is 5.69 Å². The van der Waals surface area contributed by atoms with Gasteiger partial charge in [-0.25, -0.2) is 0 Å². The van der Waals surface area contributed by atoms with Crippen molar-refractivity contribution < 1.29 is 4.92 Å². The van der Waals surface area contributed by atoms with E-state index in [1.165, 1.54) is 23.3 Å². The molecule has 0 atom stereocenters. The summed E-state index contributed by atoms with van der Waals surface area (Å²) in [5.74, 6) is 0. The molecule has 0 aliphatic carbocycles. The van der Waals surface area contributed by atoms with Crippen LogP contribution in [0.5, 0.6) is 0 Å². The maximum Gasteiger partial charge on any atom is 0.269 e. The van der Waals surface area contributed by atoms with Crippen molar-refractivity contribution in [2.75, 3.05) is 11.9 Å². The molecule has 2 aromatic rings. The number of nitro benzene ring substituents is 1. The monoisotopic (exact) mass is 304 g/mol. The first-order chi connectivity index (χ1) is 9.86. The minimum absolute atomic E-state index is 0.0585. The van der Waals surface area contributed by atoms with E-state index in [0.717, 1.165) is 11.3 Å². The second-order valence-corrected chi connectivity index (χ2v) is 5.64.